The number of amides is 1. The zero-order valence-electron chi connectivity index (χ0n) is 19.8. The number of carbonyl (C=O) groups is 2. The number of hydrogen-bond acceptors (Lipinski definition) is 4. The van der Waals surface area contributed by atoms with Crippen molar-refractivity contribution in [1.82, 2.24) is 4.98 Å². The number of aromatic nitrogens is 1. The monoisotopic (exact) mass is 480 g/mol. The molecule has 0 spiro atoms. The summed E-state index contributed by atoms with van der Waals surface area (Å²) in [4.78, 5) is 29.7. The lowest BCUT2D eigenvalue weighted by Gasteiger charge is -2.49. The van der Waals surface area contributed by atoms with E-state index in [1.165, 1.54) is 23.8 Å². The Morgan fingerprint density at radius 3 is 2.77 bits per heavy atom. The van der Waals surface area contributed by atoms with Crippen LogP contribution in [0.25, 0.3) is 0 Å². The number of anilines is 1. The number of aliphatic hydroxyl groups excluding tert-OH is 1. The van der Waals surface area contributed by atoms with E-state index in [4.69, 9.17) is 0 Å². The van der Waals surface area contributed by atoms with Crippen LogP contribution in [0.15, 0.2) is 48.4 Å². The van der Waals surface area contributed by atoms with Crippen LogP contribution in [0, 0.1) is 34.8 Å². The van der Waals surface area contributed by atoms with Crippen LogP contribution in [0.3, 0.4) is 0 Å². The maximum Gasteiger partial charge on any atom is 0.225 e. The number of ketones is 1. The maximum atomic E-state index is 13.8. The van der Waals surface area contributed by atoms with Crippen LogP contribution in [-0.2, 0) is 16.0 Å². The molecule has 5 rings (SSSR count). The summed E-state index contributed by atoms with van der Waals surface area (Å²) in [5.41, 5.74) is 2.21. The number of halogens is 2. The van der Waals surface area contributed by atoms with Gasteiger partial charge in [0.15, 0.2) is 5.78 Å². The number of hydrogen-bond donors (Lipinski definition) is 2. The molecule has 5 nitrogen and oxygen atoms in total. The molecule has 184 valence electrons. The van der Waals surface area contributed by atoms with E-state index >= 15 is 0 Å². The third-order valence-electron chi connectivity index (χ3n) is 8.61. The van der Waals surface area contributed by atoms with Gasteiger partial charge < -0.3 is 10.4 Å². The van der Waals surface area contributed by atoms with Gasteiger partial charge in [0.05, 0.1) is 12.5 Å². The van der Waals surface area contributed by atoms with Crippen LogP contribution in [0.1, 0.15) is 62.5 Å². The average Bonchev–Trinajstić information content (AvgIpc) is 3.06. The lowest BCUT2D eigenvalue weighted by molar-refractivity contribution is -0.127. The number of benzene rings is 1. The largest absolute Gasteiger partial charge is 0.515 e. The number of rotatable bonds is 5. The fourth-order valence-electron chi connectivity index (χ4n) is 7.13. The minimum absolute atomic E-state index is 0.0262. The fourth-order valence-corrected chi connectivity index (χ4v) is 7.13. The second-order valence-corrected chi connectivity index (χ2v) is 10.5. The molecule has 0 bridgehead atoms. The predicted octanol–water partition coefficient (Wildman–Crippen LogP) is 5.87. The van der Waals surface area contributed by atoms with Crippen LogP contribution >= 0.6 is 0 Å². The Hall–Kier alpha value is -3.09. The van der Waals surface area contributed by atoms with Crippen molar-refractivity contribution in [2.45, 2.75) is 57.8 Å². The Balaban J connectivity index is 1.33. The molecular weight excluding hydrogens is 450 g/mol. The molecule has 1 heterocycles. The van der Waals surface area contributed by atoms with Gasteiger partial charge >= 0.3 is 0 Å². The van der Waals surface area contributed by atoms with E-state index in [1.807, 2.05) is 13.0 Å². The van der Waals surface area contributed by atoms with Crippen LogP contribution in [0.2, 0.25) is 0 Å². The molecule has 3 aliphatic carbocycles. The highest BCUT2D eigenvalue weighted by atomic mass is 19.1. The second-order valence-electron chi connectivity index (χ2n) is 10.5. The zero-order valence-corrected chi connectivity index (χ0v) is 19.8. The standard InChI is InChI=1S/C28H30F2N2O3/c1-28-12-11-20-19-9-6-17(29)13-16(19)5-8-22(20)26(28)21(23(15-33)27(28)35)3-2-4-25(34)32-24-10-7-18(30)14-31-24/h6-7,9-10,13-15,20-22,26,33H,2-5,8,11-12H2,1H3,(H,31,32,34)/b23-15-/t20?,21-,22?,26?,28+/m1/s1. The number of carbonyl (C=O) groups excluding carboxylic acids is 2. The molecule has 2 saturated carbocycles. The van der Waals surface area contributed by atoms with Gasteiger partial charge in [-0.1, -0.05) is 13.0 Å². The minimum atomic E-state index is -0.530. The number of pyridine rings is 1. The number of nitrogens with one attached hydrogen (secondary N) is 1. The molecule has 2 aromatic rings. The summed E-state index contributed by atoms with van der Waals surface area (Å²) in [6.07, 6.45) is 6.72. The van der Waals surface area contributed by atoms with Crippen molar-refractivity contribution < 1.29 is 23.5 Å². The molecule has 1 aromatic carbocycles. The van der Waals surface area contributed by atoms with E-state index < -0.39 is 11.2 Å². The SMILES string of the molecule is C[C@]12CCC3c4ccc(F)cc4CCC3C1[C@H](CCCC(=O)Nc1ccc(F)cn1)/C(=C/O)C2=O. The summed E-state index contributed by atoms with van der Waals surface area (Å²) >= 11 is 0. The molecular formula is C28H30F2N2O3. The summed E-state index contributed by atoms with van der Waals surface area (Å²) in [6, 6.07) is 7.73. The van der Waals surface area contributed by atoms with Crippen LogP contribution in [0.5, 0.6) is 0 Å². The molecule has 0 saturated heterocycles. The third kappa shape index (κ3) is 4.15. The molecule has 1 amide bonds. The molecule has 5 atom stereocenters. The van der Waals surface area contributed by atoms with Crippen molar-refractivity contribution in [2.24, 2.45) is 23.2 Å². The topological polar surface area (TPSA) is 79.3 Å². The first kappa shape index (κ1) is 23.6. The smallest absolute Gasteiger partial charge is 0.225 e. The summed E-state index contributed by atoms with van der Waals surface area (Å²) in [7, 11) is 0. The molecule has 2 fully saturated rings. The fraction of sp³-hybridized carbons (Fsp3) is 0.464. The predicted molar refractivity (Wildman–Crippen MR) is 128 cm³/mol. The van der Waals surface area contributed by atoms with E-state index in [0.717, 1.165) is 43.7 Å². The number of aryl methyl sites for hydroxylation is 1. The van der Waals surface area contributed by atoms with Gasteiger partial charge in [-0.3, -0.25) is 9.59 Å². The lowest BCUT2D eigenvalue weighted by Crippen LogP contribution is -2.44. The summed E-state index contributed by atoms with van der Waals surface area (Å²) in [5.74, 6) is -0.0781. The van der Waals surface area contributed by atoms with E-state index in [1.54, 1.807) is 6.07 Å². The Kier molecular flexibility index (Phi) is 6.20. The van der Waals surface area contributed by atoms with Crippen molar-refractivity contribution in [3.8, 4) is 0 Å². The molecule has 2 N–H and O–H groups in total. The Labute approximate surface area is 203 Å². The van der Waals surface area contributed by atoms with Gasteiger partial charge in [0.25, 0.3) is 0 Å². The number of nitrogens with zero attached hydrogens (tertiary/aromatic N) is 1. The van der Waals surface area contributed by atoms with Crippen molar-refractivity contribution >= 4 is 17.5 Å². The quantitative estimate of drug-likeness (QED) is 0.414. The van der Waals surface area contributed by atoms with Crippen molar-refractivity contribution in [3.63, 3.8) is 0 Å². The van der Waals surface area contributed by atoms with Crippen LogP contribution in [0.4, 0.5) is 14.6 Å². The molecule has 7 heteroatoms. The second kappa shape index (κ2) is 9.17. The highest BCUT2D eigenvalue weighted by Crippen LogP contribution is 2.63. The molecule has 3 aliphatic rings. The first-order valence-corrected chi connectivity index (χ1v) is 12.4. The number of Topliss-reactive ketones (excluding diaryl/α,β-unsaturated/α-hetero) is 1. The van der Waals surface area contributed by atoms with Crippen LogP contribution < -0.4 is 5.32 Å². The van der Waals surface area contributed by atoms with E-state index in [-0.39, 0.29) is 47.6 Å². The van der Waals surface area contributed by atoms with Crippen molar-refractivity contribution in [1.29, 1.82) is 0 Å². The van der Waals surface area contributed by atoms with Crippen molar-refractivity contribution in [2.75, 3.05) is 5.32 Å². The van der Waals surface area contributed by atoms with E-state index in [9.17, 15) is 23.5 Å². The highest BCUT2D eigenvalue weighted by molar-refractivity contribution is 6.03. The normalized spacial score (nSPS) is 30.5. The molecule has 0 aliphatic heterocycles. The van der Waals surface area contributed by atoms with Gasteiger partial charge in [-0.2, -0.15) is 0 Å². The van der Waals surface area contributed by atoms with Gasteiger partial charge in [0, 0.05) is 17.4 Å². The van der Waals surface area contributed by atoms with Gasteiger partial charge in [-0.15, -0.1) is 0 Å². The zero-order chi connectivity index (χ0) is 24.7. The number of aliphatic hydroxyl groups is 1. The first-order chi connectivity index (χ1) is 16.8. The van der Waals surface area contributed by atoms with E-state index in [2.05, 4.69) is 10.3 Å². The Bertz CT molecular complexity index is 1180. The Morgan fingerprint density at radius 1 is 1.23 bits per heavy atom. The van der Waals surface area contributed by atoms with E-state index in [0.29, 0.717) is 24.2 Å². The molecule has 1 aromatic heterocycles. The first-order valence-electron chi connectivity index (χ1n) is 12.4. The summed E-state index contributed by atoms with van der Waals surface area (Å²) < 4.78 is 26.9. The lowest BCUT2D eigenvalue weighted by atomic mass is 9.54. The average molecular weight is 481 g/mol. The summed E-state index contributed by atoms with van der Waals surface area (Å²) in [5, 5.41) is 12.7. The number of allylic oxidation sites excluding steroid dienone is 1. The Morgan fingerprint density at radius 2 is 2.03 bits per heavy atom. The third-order valence-corrected chi connectivity index (χ3v) is 8.61. The maximum absolute atomic E-state index is 13.8. The molecule has 0 radical (unpaired) electrons. The highest BCUT2D eigenvalue weighted by Gasteiger charge is 2.60. The number of fused-ring (bicyclic) bond motifs is 5. The van der Waals surface area contributed by atoms with Gasteiger partial charge in [0.1, 0.15) is 17.5 Å². The van der Waals surface area contributed by atoms with Gasteiger partial charge in [0.2, 0.25) is 5.91 Å². The minimum Gasteiger partial charge on any atom is -0.515 e. The molecule has 3 unspecified atom stereocenters. The van der Waals surface area contributed by atoms with Gasteiger partial charge in [-0.25, -0.2) is 13.8 Å². The molecule has 35 heavy (non-hydrogen) atoms. The van der Waals surface area contributed by atoms with Crippen molar-refractivity contribution in [3.05, 3.63) is 71.1 Å². The summed E-state index contributed by atoms with van der Waals surface area (Å²) in [6.45, 7) is 2.03. The van der Waals surface area contributed by atoms with Crippen LogP contribution in [-0.4, -0.2) is 21.8 Å². The van der Waals surface area contributed by atoms with Gasteiger partial charge in [-0.05, 0) is 97.6 Å².